The first-order valence-corrected chi connectivity index (χ1v) is 9.53. The number of rotatable bonds is 5. The van der Waals surface area contributed by atoms with Gasteiger partial charge in [-0.3, -0.25) is 20.4 Å². The largest absolute Gasteiger partial charge is 0.350 e. The molecular formula is C18H18BrN3O2S. The van der Waals surface area contributed by atoms with Crippen LogP contribution < -0.4 is 10.9 Å². The van der Waals surface area contributed by atoms with E-state index in [0.717, 1.165) is 27.5 Å². The standard InChI is InChI=1S/C18H18BrN3O2S/c1-22-11-14(13-6-2-3-7-15(13)22)18(24)21-20-17(23)8-4-5-12-9-10-16(19)25-12/h2-3,6-7,9-11H,4-5,8H2,1H3,(H,20,23)(H,21,24). The zero-order chi connectivity index (χ0) is 17.8. The normalized spacial score (nSPS) is 10.8. The van der Waals surface area contributed by atoms with Gasteiger partial charge in [0.1, 0.15) is 0 Å². The molecule has 2 N–H and O–H groups in total. The molecule has 1 aromatic carbocycles. The highest BCUT2D eigenvalue weighted by atomic mass is 79.9. The fourth-order valence-electron chi connectivity index (χ4n) is 2.69. The minimum absolute atomic E-state index is 0.191. The molecule has 3 aromatic rings. The molecule has 0 fully saturated rings. The van der Waals surface area contributed by atoms with Crippen molar-refractivity contribution in [3.05, 3.63) is 56.8 Å². The van der Waals surface area contributed by atoms with Gasteiger partial charge >= 0.3 is 0 Å². The van der Waals surface area contributed by atoms with Gasteiger partial charge < -0.3 is 4.57 Å². The van der Waals surface area contributed by atoms with E-state index in [9.17, 15) is 9.59 Å². The van der Waals surface area contributed by atoms with Crippen LogP contribution in [0.15, 0.2) is 46.4 Å². The number of hydrogen-bond acceptors (Lipinski definition) is 3. The van der Waals surface area contributed by atoms with Crippen LogP contribution in [0.3, 0.4) is 0 Å². The van der Waals surface area contributed by atoms with Crippen molar-refractivity contribution >= 4 is 50.0 Å². The molecule has 0 saturated heterocycles. The summed E-state index contributed by atoms with van der Waals surface area (Å²) in [7, 11) is 1.89. The Balaban J connectivity index is 1.50. The zero-order valence-corrected chi connectivity index (χ0v) is 16.1. The van der Waals surface area contributed by atoms with E-state index in [-0.39, 0.29) is 11.8 Å². The molecule has 0 radical (unpaired) electrons. The molecule has 0 atom stereocenters. The summed E-state index contributed by atoms with van der Waals surface area (Å²) in [4.78, 5) is 25.5. The molecule has 130 valence electrons. The third-order valence-corrected chi connectivity index (χ3v) is 5.60. The number of carbonyl (C=O) groups excluding carboxylic acids is 2. The number of aryl methyl sites for hydroxylation is 2. The number of carbonyl (C=O) groups is 2. The van der Waals surface area contributed by atoms with Crippen LogP contribution in [0.25, 0.3) is 10.9 Å². The molecular weight excluding hydrogens is 402 g/mol. The lowest BCUT2D eigenvalue weighted by Gasteiger charge is -2.06. The monoisotopic (exact) mass is 419 g/mol. The SMILES string of the molecule is Cn1cc(C(=O)NNC(=O)CCCc2ccc(Br)s2)c2ccccc21. The number of benzene rings is 1. The topological polar surface area (TPSA) is 63.1 Å². The number of nitrogens with one attached hydrogen (secondary N) is 2. The Kier molecular flexibility index (Phi) is 5.55. The van der Waals surface area contributed by atoms with Crippen LogP contribution in [0, 0.1) is 0 Å². The molecule has 0 bridgehead atoms. The average Bonchev–Trinajstić information content (AvgIpc) is 3.17. The molecule has 2 amide bonds. The van der Waals surface area contributed by atoms with Crippen molar-refractivity contribution in [1.82, 2.24) is 15.4 Å². The Labute approximate surface area is 158 Å². The zero-order valence-electron chi connectivity index (χ0n) is 13.7. The van der Waals surface area contributed by atoms with Gasteiger partial charge in [0.2, 0.25) is 5.91 Å². The number of nitrogens with zero attached hydrogens (tertiary/aromatic N) is 1. The number of para-hydroxylation sites is 1. The number of hydrogen-bond donors (Lipinski definition) is 2. The Hall–Kier alpha value is -2.12. The van der Waals surface area contributed by atoms with Gasteiger partial charge in [-0.25, -0.2) is 0 Å². The number of thiophene rings is 1. The summed E-state index contributed by atoms with van der Waals surface area (Å²) in [6.07, 6.45) is 3.72. The minimum atomic E-state index is -0.313. The number of aromatic nitrogens is 1. The molecule has 0 aliphatic heterocycles. The summed E-state index contributed by atoms with van der Waals surface area (Å²) >= 11 is 5.10. The highest BCUT2D eigenvalue weighted by Gasteiger charge is 2.14. The Morgan fingerprint density at radius 2 is 1.96 bits per heavy atom. The van der Waals surface area contributed by atoms with Crippen molar-refractivity contribution in [2.24, 2.45) is 7.05 Å². The number of hydrazine groups is 1. The predicted molar refractivity (Wildman–Crippen MR) is 103 cm³/mol. The first-order chi connectivity index (χ1) is 12.0. The van der Waals surface area contributed by atoms with E-state index in [2.05, 4.69) is 32.8 Å². The van der Waals surface area contributed by atoms with Gasteiger partial charge in [-0.1, -0.05) is 18.2 Å². The number of fused-ring (bicyclic) bond motifs is 1. The quantitative estimate of drug-likeness (QED) is 0.617. The van der Waals surface area contributed by atoms with E-state index in [1.807, 2.05) is 41.9 Å². The maximum atomic E-state index is 12.3. The van der Waals surface area contributed by atoms with Gasteiger partial charge in [-0.05, 0) is 47.0 Å². The summed E-state index contributed by atoms with van der Waals surface area (Å²) in [5.41, 5.74) is 6.51. The second-order valence-corrected chi connectivity index (χ2v) is 8.28. The van der Waals surface area contributed by atoms with Crippen molar-refractivity contribution in [2.75, 3.05) is 0 Å². The molecule has 2 aromatic heterocycles. The van der Waals surface area contributed by atoms with E-state index in [1.165, 1.54) is 4.88 Å². The first kappa shape index (κ1) is 17.7. The maximum Gasteiger partial charge on any atom is 0.271 e. The van der Waals surface area contributed by atoms with Gasteiger partial charge in [0.05, 0.1) is 9.35 Å². The molecule has 0 spiro atoms. The van der Waals surface area contributed by atoms with E-state index in [0.29, 0.717) is 12.0 Å². The summed E-state index contributed by atoms with van der Waals surface area (Å²) in [5.74, 6) is -0.503. The fraction of sp³-hybridized carbons (Fsp3) is 0.222. The second-order valence-electron chi connectivity index (χ2n) is 5.73. The van der Waals surface area contributed by atoms with Crippen LogP contribution in [-0.4, -0.2) is 16.4 Å². The van der Waals surface area contributed by atoms with E-state index >= 15 is 0 Å². The molecule has 0 saturated carbocycles. The highest BCUT2D eigenvalue weighted by Crippen LogP contribution is 2.23. The lowest BCUT2D eigenvalue weighted by atomic mass is 10.2. The molecule has 3 rings (SSSR count). The average molecular weight is 420 g/mol. The lowest BCUT2D eigenvalue weighted by Crippen LogP contribution is -2.41. The van der Waals surface area contributed by atoms with Crippen LogP contribution in [0.4, 0.5) is 0 Å². The van der Waals surface area contributed by atoms with E-state index in [1.54, 1.807) is 17.5 Å². The molecule has 7 heteroatoms. The maximum absolute atomic E-state index is 12.3. The first-order valence-electron chi connectivity index (χ1n) is 7.92. The summed E-state index contributed by atoms with van der Waals surface area (Å²) in [5, 5.41) is 0.861. The molecule has 0 aliphatic rings. The Morgan fingerprint density at radius 3 is 2.72 bits per heavy atom. The van der Waals surface area contributed by atoms with Crippen molar-refractivity contribution in [1.29, 1.82) is 0 Å². The van der Waals surface area contributed by atoms with Crippen molar-refractivity contribution in [3.8, 4) is 0 Å². The van der Waals surface area contributed by atoms with Crippen LogP contribution >= 0.6 is 27.3 Å². The van der Waals surface area contributed by atoms with Crippen molar-refractivity contribution in [2.45, 2.75) is 19.3 Å². The number of halogens is 1. The second kappa shape index (κ2) is 7.84. The molecule has 2 heterocycles. The molecule has 0 unspecified atom stereocenters. The summed E-state index contributed by atoms with van der Waals surface area (Å²) in [6.45, 7) is 0. The highest BCUT2D eigenvalue weighted by molar-refractivity contribution is 9.11. The third kappa shape index (κ3) is 4.29. The predicted octanol–water partition coefficient (Wildman–Crippen LogP) is 3.79. The molecule has 0 aliphatic carbocycles. The smallest absolute Gasteiger partial charge is 0.271 e. The van der Waals surface area contributed by atoms with Crippen LogP contribution in [0.2, 0.25) is 0 Å². The third-order valence-electron chi connectivity index (χ3n) is 3.91. The summed E-state index contributed by atoms with van der Waals surface area (Å²) < 4.78 is 2.99. The van der Waals surface area contributed by atoms with Crippen LogP contribution in [-0.2, 0) is 18.3 Å². The fourth-order valence-corrected chi connectivity index (χ4v) is 4.21. The van der Waals surface area contributed by atoms with Gasteiger partial charge in [-0.2, -0.15) is 0 Å². The van der Waals surface area contributed by atoms with Crippen LogP contribution in [0.1, 0.15) is 28.1 Å². The van der Waals surface area contributed by atoms with Crippen molar-refractivity contribution < 1.29 is 9.59 Å². The van der Waals surface area contributed by atoms with Gasteiger partial charge in [0.25, 0.3) is 5.91 Å². The van der Waals surface area contributed by atoms with E-state index < -0.39 is 0 Å². The molecule has 25 heavy (non-hydrogen) atoms. The van der Waals surface area contributed by atoms with Gasteiger partial charge in [-0.15, -0.1) is 11.3 Å². The van der Waals surface area contributed by atoms with Crippen LogP contribution in [0.5, 0.6) is 0 Å². The Bertz CT molecular complexity index is 916. The van der Waals surface area contributed by atoms with Crippen molar-refractivity contribution in [3.63, 3.8) is 0 Å². The summed E-state index contributed by atoms with van der Waals surface area (Å²) in [6, 6.07) is 11.7. The lowest BCUT2D eigenvalue weighted by molar-refractivity contribution is -0.121. The minimum Gasteiger partial charge on any atom is -0.350 e. The van der Waals surface area contributed by atoms with Gasteiger partial charge in [0, 0.05) is 35.4 Å². The van der Waals surface area contributed by atoms with E-state index in [4.69, 9.17) is 0 Å². The van der Waals surface area contributed by atoms with Gasteiger partial charge in [0.15, 0.2) is 0 Å². The molecule has 5 nitrogen and oxygen atoms in total. The number of amides is 2. The Morgan fingerprint density at radius 1 is 1.16 bits per heavy atom.